The van der Waals surface area contributed by atoms with Gasteiger partial charge in [0.25, 0.3) is 5.56 Å². The molecule has 7 nitrogen and oxygen atoms in total. The quantitative estimate of drug-likeness (QED) is 0.559. The van der Waals surface area contributed by atoms with Crippen LogP contribution >= 0.6 is 11.8 Å². The summed E-state index contributed by atoms with van der Waals surface area (Å²) in [5.41, 5.74) is 0.538. The lowest BCUT2D eigenvalue weighted by Gasteiger charge is -2.01. The number of furan rings is 1. The number of aromatic amines is 2. The highest BCUT2D eigenvalue weighted by Gasteiger charge is 2.10. The molecule has 8 heteroatoms. The fourth-order valence-electron chi connectivity index (χ4n) is 2.17. The molecule has 0 fully saturated rings. The summed E-state index contributed by atoms with van der Waals surface area (Å²) in [5.74, 6) is 2.25. The van der Waals surface area contributed by atoms with Gasteiger partial charge in [-0.15, -0.1) is 5.10 Å². The Hall–Kier alpha value is -2.87. The van der Waals surface area contributed by atoms with Crippen LogP contribution in [0.2, 0.25) is 0 Å². The van der Waals surface area contributed by atoms with Crippen molar-refractivity contribution in [2.24, 2.45) is 0 Å². The summed E-state index contributed by atoms with van der Waals surface area (Å²) in [4.78, 5) is 23.6. The topological polar surface area (TPSA) is 100 Å². The number of H-pyrrole nitrogens is 2. The van der Waals surface area contributed by atoms with Crippen molar-refractivity contribution in [2.75, 3.05) is 0 Å². The molecule has 3 aromatic heterocycles. The maximum atomic E-state index is 12.0. The van der Waals surface area contributed by atoms with Gasteiger partial charge in [-0.3, -0.25) is 9.89 Å². The van der Waals surface area contributed by atoms with Gasteiger partial charge in [0.05, 0.1) is 22.9 Å². The zero-order valence-electron chi connectivity index (χ0n) is 11.8. The Morgan fingerprint density at radius 2 is 2.04 bits per heavy atom. The lowest BCUT2D eigenvalue weighted by Crippen LogP contribution is -2.11. The number of rotatable bonds is 4. The average molecular weight is 325 g/mol. The Bertz CT molecular complexity index is 1010. The summed E-state index contributed by atoms with van der Waals surface area (Å²) in [7, 11) is 0. The van der Waals surface area contributed by atoms with Crippen LogP contribution in [0, 0.1) is 0 Å². The predicted octanol–water partition coefficient (Wildman–Crippen LogP) is 2.59. The van der Waals surface area contributed by atoms with E-state index in [-0.39, 0.29) is 5.56 Å². The zero-order valence-corrected chi connectivity index (χ0v) is 12.6. The van der Waals surface area contributed by atoms with E-state index in [2.05, 4.69) is 25.1 Å². The van der Waals surface area contributed by atoms with Crippen molar-refractivity contribution in [3.05, 3.63) is 58.8 Å². The summed E-state index contributed by atoms with van der Waals surface area (Å²) in [6.07, 6.45) is 1.58. The number of benzene rings is 1. The molecule has 4 aromatic rings. The highest BCUT2D eigenvalue weighted by atomic mass is 32.2. The van der Waals surface area contributed by atoms with Crippen LogP contribution in [0.5, 0.6) is 0 Å². The van der Waals surface area contributed by atoms with Crippen LogP contribution in [0.1, 0.15) is 5.82 Å². The molecular weight excluding hydrogens is 314 g/mol. The third-order valence-corrected chi connectivity index (χ3v) is 4.08. The first kappa shape index (κ1) is 13.8. The maximum absolute atomic E-state index is 12.0. The van der Waals surface area contributed by atoms with Crippen LogP contribution in [0.4, 0.5) is 0 Å². The van der Waals surface area contributed by atoms with E-state index in [1.54, 1.807) is 24.5 Å². The summed E-state index contributed by atoms with van der Waals surface area (Å²) < 4.78 is 5.26. The summed E-state index contributed by atoms with van der Waals surface area (Å²) in [6, 6.07) is 10.8. The molecule has 0 radical (unpaired) electrons. The largest absolute Gasteiger partial charge is 0.461 e. The number of hydrogen-bond donors (Lipinski definition) is 2. The highest BCUT2D eigenvalue weighted by molar-refractivity contribution is 7.98. The van der Waals surface area contributed by atoms with Gasteiger partial charge in [0.15, 0.2) is 11.6 Å². The number of nitrogens with one attached hydrogen (secondary N) is 2. The van der Waals surface area contributed by atoms with Crippen molar-refractivity contribution in [3.63, 3.8) is 0 Å². The SMILES string of the molecule is O=c1[nH]c(CSc2n[nH]c(-c3ccco3)n2)nc2ccccc12. The minimum absolute atomic E-state index is 0.141. The van der Waals surface area contributed by atoms with Gasteiger partial charge in [-0.25, -0.2) is 4.98 Å². The first-order valence-corrected chi connectivity index (χ1v) is 7.85. The second kappa shape index (κ2) is 5.73. The molecule has 3 heterocycles. The fraction of sp³-hybridized carbons (Fsp3) is 0.0667. The van der Waals surface area contributed by atoms with Crippen molar-refractivity contribution in [1.82, 2.24) is 25.1 Å². The molecule has 0 aliphatic carbocycles. The summed E-state index contributed by atoms with van der Waals surface area (Å²) in [5, 5.41) is 8.08. The Morgan fingerprint density at radius 1 is 1.13 bits per heavy atom. The second-order valence-electron chi connectivity index (χ2n) is 4.76. The van der Waals surface area contributed by atoms with E-state index in [1.807, 2.05) is 18.2 Å². The van der Waals surface area contributed by atoms with Gasteiger partial charge in [-0.1, -0.05) is 23.9 Å². The van der Waals surface area contributed by atoms with Gasteiger partial charge in [-0.2, -0.15) is 4.98 Å². The van der Waals surface area contributed by atoms with E-state index < -0.39 is 0 Å². The molecule has 4 rings (SSSR count). The van der Waals surface area contributed by atoms with Crippen LogP contribution in [0.15, 0.2) is 57.0 Å². The third kappa shape index (κ3) is 2.76. The molecule has 0 unspecified atom stereocenters. The number of fused-ring (bicyclic) bond motifs is 1. The van der Waals surface area contributed by atoms with Gasteiger partial charge >= 0.3 is 0 Å². The van der Waals surface area contributed by atoms with Gasteiger partial charge in [0, 0.05) is 0 Å². The van der Waals surface area contributed by atoms with E-state index in [1.165, 1.54) is 11.8 Å². The molecule has 0 saturated carbocycles. The van der Waals surface area contributed by atoms with Gasteiger partial charge in [0.2, 0.25) is 5.16 Å². The minimum atomic E-state index is -0.141. The molecule has 0 amide bonds. The molecular formula is C15H11N5O2S. The first-order valence-electron chi connectivity index (χ1n) is 6.86. The van der Waals surface area contributed by atoms with Crippen LogP contribution in [0.25, 0.3) is 22.5 Å². The Balaban J connectivity index is 1.54. The zero-order chi connectivity index (χ0) is 15.6. The van der Waals surface area contributed by atoms with Gasteiger partial charge in [0.1, 0.15) is 5.82 Å². The third-order valence-electron chi connectivity index (χ3n) is 3.22. The molecule has 0 bridgehead atoms. The second-order valence-corrected chi connectivity index (χ2v) is 5.70. The van der Waals surface area contributed by atoms with Crippen LogP contribution in [0.3, 0.4) is 0 Å². The van der Waals surface area contributed by atoms with E-state index in [4.69, 9.17) is 4.42 Å². The number of thioether (sulfide) groups is 1. The first-order chi connectivity index (χ1) is 11.3. The summed E-state index contributed by atoms with van der Waals surface area (Å²) in [6.45, 7) is 0. The smallest absolute Gasteiger partial charge is 0.258 e. The number of aromatic nitrogens is 5. The Labute approximate surface area is 134 Å². The maximum Gasteiger partial charge on any atom is 0.258 e. The molecule has 23 heavy (non-hydrogen) atoms. The molecule has 114 valence electrons. The fourth-order valence-corrected chi connectivity index (χ4v) is 2.84. The van der Waals surface area contributed by atoms with Crippen LogP contribution in [-0.4, -0.2) is 25.1 Å². The predicted molar refractivity (Wildman–Crippen MR) is 86.0 cm³/mol. The van der Waals surface area contributed by atoms with Gasteiger partial charge in [-0.05, 0) is 24.3 Å². The van der Waals surface area contributed by atoms with Crippen molar-refractivity contribution in [1.29, 1.82) is 0 Å². The number of para-hydroxylation sites is 1. The van der Waals surface area contributed by atoms with E-state index in [0.717, 1.165) is 0 Å². The minimum Gasteiger partial charge on any atom is -0.461 e. The molecule has 0 saturated heterocycles. The van der Waals surface area contributed by atoms with E-state index >= 15 is 0 Å². The number of nitrogens with zero attached hydrogens (tertiary/aromatic N) is 3. The van der Waals surface area contributed by atoms with E-state index in [9.17, 15) is 4.79 Å². The van der Waals surface area contributed by atoms with Crippen molar-refractivity contribution < 1.29 is 4.42 Å². The monoisotopic (exact) mass is 325 g/mol. The lowest BCUT2D eigenvalue weighted by molar-refractivity contribution is 0.577. The summed E-state index contributed by atoms with van der Waals surface area (Å²) >= 11 is 1.38. The molecule has 2 N–H and O–H groups in total. The Morgan fingerprint density at radius 3 is 2.91 bits per heavy atom. The molecule has 1 aromatic carbocycles. The molecule has 0 atom stereocenters. The Kier molecular flexibility index (Phi) is 3.43. The highest BCUT2D eigenvalue weighted by Crippen LogP contribution is 2.21. The number of hydrogen-bond acceptors (Lipinski definition) is 6. The van der Waals surface area contributed by atoms with Crippen molar-refractivity contribution in [2.45, 2.75) is 10.9 Å². The normalized spacial score (nSPS) is 11.1. The van der Waals surface area contributed by atoms with Crippen LogP contribution < -0.4 is 5.56 Å². The standard InChI is InChI=1S/C15H11N5O2S/c21-14-9-4-1-2-5-10(9)16-12(17-14)8-23-15-18-13(19-20-15)11-6-3-7-22-11/h1-7H,8H2,(H,16,17,21)(H,18,19,20). The molecule has 0 aliphatic heterocycles. The molecule has 0 aliphatic rings. The van der Waals surface area contributed by atoms with Crippen molar-refractivity contribution >= 4 is 22.7 Å². The lowest BCUT2D eigenvalue weighted by atomic mass is 10.2. The molecule has 0 spiro atoms. The van der Waals surface area contributed by atoms with Crippen molar-refractivity contribution in [3.8, 4) is 11.6 Å². The van der Waals surface area contributed by atoms with E-state index in [0.29, 0.717) is 39.2 Å². The van der Waals surface area contributed by atoms with Crippen LogP contribution in [-0.2, 0) is 5.75 Å². The van der Waals surface area contributed by atoms with Gasteiger partial charge < -0.3 is 9.40 Å². The average Bonchev–Trinajstić information content (AvgIpc) is 3.24.